The maximum atomic E-state index is 13.0. The Morgan fingerprint density at radius 2 is 0.840 bits per heavy atom. The van der Waals surface area contributed by atoms with Crippen molar-refractivity contribution in [2.45, 2.75) is 156 Å². The predicted molar refractivity (Wildman–Crippen MR) is 204 cm³/mol. The number of rotatable bonds is 0. The van der Waals surface area contributed by atoms with Crippen LogP contribution in [0.5, 0.6) is 11.5 Å². The lowest BCUT2D eigenvalue weighted by molar-refractivity contribution is -0.0727. The van der Waals surface area contributed by atoms with Gasteiger partial charge in [0.25, 0.3) is 0 Å². The molecule has 7 rings (SSSR count). The molecule has 0 saturated heterocycles. The van der Waals surface area contributed by atoms with Crippen LogP contribution in [0.25, 0.3) is 0 Å². The Hall–Kier alpha value is -3.08. The second-order valence-electron chi connectivity index (χ2n) is 20.6. The van der Waals surface area contributed by atoms with Crippen molar-refractivity contribution in [2.24, 2.45) is 10.8 Å². The van der Waals surface area contributed by atoms with Gasteiger partial charge in [0.15, 0.2) is 11.2 Å². The van der Waals surface area contributed by atoms with Crippen LogP contribution in [0, 0.1) is 10.8 Å². The Kier molecular flexibility index (Phi) is 7.27. The van der Waals surface area contributed by atoms with Crippen molar-refractivity contribution < 1.29 is 19.7 Å². The fraction of sp³-hybridized carbons (Fsp3) is 0.565. The lowest BCUT2D eigenvalue weighted by atomic mass is 9.63. The summed E-state index contributed by atoms with van der Waals surface area (Å²) in [5.74, 6) is 1.76. The lowest BCUT2D eigenvalue weighted by Gasteiger charge is -2.49. The summed E-state index contributed by atoms with van der Waals surface area (Å²) in [5, 5.41) is 26.0. The first-order chi connectivity index (χ1) is 22.7. The van der Waals surface area contributed by atoms with Crippen LogP contribution in [0.1, 0.15) is 137 Å². The minimum Gasteiger partial charge on any atom is -0.479 e. The molecule has 4 atom stereocenters. The average molecular weight is 677 g/mol. The molecular formula is C46H60O4. The van der Waals surface area contributed by atoms with Gasteiger partial charge in [0, 0.05) is 19.3 Å². The minimum absolute atomic E-state index is 0.0822. The fourth-order valence-electron chi connectivity index (χ4n) is 8.66. The van der Waals surface area contributed by atoms with Gasteiger partial charge in [-0.2, -0.15) is 0 Å². The molecule has 2 spiro atoms. The van der Waals surface area contributed by atoms with E-state index in [1.54, 1.807) is 0 Å². The maximum absolute atomic E-state index is 13.0. The molecule has 3 aliphatic heterocycles. The molecule has 0 amide bonds. The molecule has 0 fully saturated rings. The Labute approximate surface area is 301 Å². The highest BCUT2D eigenvalue weighted by Gasteiger charge is 2.60. The molecular weight excluding hydrogens is 617 g/mol. The average Bonchev–Trinajstić information content (AvgIpc) is 3.51. The van der Waals surface area contributed by atoms with Gasteiger partial charge in [0.05, 0.1) is 0 Å². The van der Waals surface area contributed by atoms with Gasteiger partial charge >= 0.3 is 0 Å². The van der Waals surface area contributed by atoms with Crippen LogP contribution in [0.3, 0.4) is 0 Å². The predicted octanol–water partition coefficient (Wildman–Crippen LogP) is 9.95. The van der Waals surface area contributed by atoms with Crippen LogP contribution >= 0.6 is 0 Å². The molecule has 50 heavy (non-hydrogen) atoms. The SMILES string of the molecule is CC(C)(C)C1=CC23Cc4cc(C(C)(C)C)cc(c4O2)Cc2cc(C(C)(C)C)cc4c2OC2(C=C(C(C)(C)C)C=C(CC(=C1)C3(C)O)C2(C)O)C4. The third-order valence-electron chi connectivity index (χ3n) is 12.5. The summed E-state index contributed by atoms with van der Waals surface area (Å²) >= 11 is 0. The van der Waals surface area contributed by atoms with Crippen molar-refractivity contribution in [3.63, 3.8) is 0 Å². The van der Waals surface area contributed by atoms with Gasteiger partial charge in [-0.15, -0.1) is 0 Å². The topological polar surface area (TPSA) is 58.9 Å². The Morgan fingerprint density at radius 3 is 1.16 bits per heavy atom. The van der Waals surface area contributed by atoms with E-state index in [2.05, 4.69) is 132 Å². The van der Waals surface area contributed by atoms with Crippen molar-refractivity contribution in [3.05, 3.63) is 104 Å². The van der Waals surface area contributed by atoms with Crippen molar-refractivity contribution in [3.8, 4) is 11.5 Å². The van der Waals surface area contributed by atoms with E-state index in [1.165, 1.54) is 11.1 Å². The lowest BCUT2D eigenvalue weighted by Crippen LogP contribution is -2.60. The van der Waals surface area contributed by atoms with Crippen LogP contribution in [0.15, 0.2) is 70.9 Å². The molecule has 6 bridgehead atoms. The first kappa shape index (κ1) is 35.3. The van der Waals surface area contributed by atoms with Crippen molar-refractivity contribution in [1.82, 2.24) is 0 Å². The van der Waals surface area contributed by atoms with E-state index in [0.29, 0.717) is 25.7 Å². The zero-order valence-electron chi connectivity index (χ0n) is 33.2. The van der Waals surface area contributed by atoms with E-state index in [-0.39, 0.29) is 21.7 Å². The van der Waals surface area contributed by atoms with Crippen molar-refractivity contribution >= 4 is 0 Å². The summed E-state index contributed by atoms with van der Waals surface area (Å²) in [6.07, 6.45) is 10.9. The highest BCUT2D eigenvalue weighted by molar-refractivity contribution is 5.62. The third kappa shape index (κ3) is 5.21. The number of hydrogen-bond acceptors (Lipinski definition) is 4. The number of hydrogen-bond donors (Lipinski definition) is 2. The molecule has 2 aromatic carbocycles. The molecule has 2 aromatic rings. The third-order valence-corrected chi connectivity index (χ3v) is 12.5. The summed E-state index contributed by atoms with van der Waals surface area (Å²) < 4.78 is 14.6. The van der Waals surface area contributed by atoms with Crippen LogP contribution in [-0.2, 0) is 30.1 Å². The molecule has 268 valence electrons. The summed E-state index contributed by atoms with van der Waals surface area (Å²) in [7, 11) is 0. The van der Waals surface area contributed by atoms with E-state index in [0.717, 1.165) is 56.0 Å². The molecule has 2 aliphatic carbocycles. The van der Waals surface area contributed by atoms with Crippen molar-refractivity contribution in [1.29, 1.82) is 0 Å². The van der Waals surface area contributed by atoms with Gasteiger partial charge in [-0.1, -0.05) is 120 Å². The van der Waals surface area contributed by atoms with Crippen molar-refractivity contribution in [2.75, 3.05) is 0 Å². The number of fused-ring (bicyclic) bond motifs is 2. The number of benzene rings is 2. The van der Waals surface area contributed by atoms with E-state index in [1.807, 2.05) is 13.8 Å². The van der Waals surface area contributed by atoms with Crippen LogP contribution in [-0.4, -0.2) is 32.6 Å². The summed E-state index contributed by atoms with van der Waals surface area (Å²) in [5.41, 5.74) is 5.73. The molecule has 3 heterocycles. The highest BCUT2D eigenvalue weighted by Crippen LogP contribution is 2.57. The minimum atomic E-state index is -1.35. The maximum Gasteiger partial charge on any atom is 0.164 e. The van der Waals surface area contributed by atoms with E-state index in [9.17, 15) is 10.2 Å². The second kappa shape index (κ2) is 10.3. The molecule has 5 aliphatic rings. The van der Waals surface area contributed by atoms with Gasteiger partial charge in [-0.25, -0.2) is 0 Å². The first-order valence-corrected chi connectivity index (χ1v) is 18.7. The Morgan fingerprint density at radius 1 is 0.500 bits per heavy atom. The van der Waals surface area contributed by atoms with Gasteiger partial charge in [0.1, 0.15) is 22.7 Å². The largest absolute Gasteiger partial charge is 0.479 e. The quantitative estimate of drug-likeness (QED) is 0.292. The molecule has 4 nitrogen and oxygen atoms in total. The van der Waals surface area contributed by atoms with Gasteiger partial charge in [-0.05, 0) is 110 Å². The zero-order chi connectivity index (χ0) is 36.8. The number of ether oxygens (including phenoxy) is 2. The van der Waals surface area contributed by atoms with Gasteiger partial charge in [-0.3, -0.25) is 0 Å². The van der Waals surface area contributed by atoms with Crippen LogP contribution in [0.4, 0.5) is 0 Å². The molecule has 4 unspecified atom stereocenters. The standard InChI is InChI=1S/C46H60O4/c1-39(2,3)31-16-27-15-28-17-32(40(4,5)6)19-30-24-46(50-38(28)30)26-36(42(10,11)12)22-34(44(46,14)48)20-33-21-35(41(7,8)9)25-45(43(33,13)47)23-29(18-31)37(27)49-45/h16-19,21-22,25-26,47-48H,15,20,23-24H2,1-14H3. The second-order valence-corrected chi connectivity index (χ2v) is 20.6. The smallest absolute Gasteiger partial charge is 0.164 e. The first-order valence-electron chi connectivity index (χ1n) is 18.7. The monoisotopic (exact) mass is 676 g/mol. The Bertz CT molecular complexity index is 1790. The molecule has 0 aromatic heterocycles. The van der Waals surface area contributed by atoms with Gasteiger partial charge < -0.3 is 19.7 Å². The molecule has 0 radical (unpaired) electrons. The summed E-state index contributed by atoms with van der Waals surface area (Å²) in [6, 6.07) is 9.27. The molecule has 2 N–H and O–H groups in total. The van der Waals surface area contributed by atoms with Gasteiger partial charge in [0.2, 0.25) is 0 Å². The highest BCUT2D eigenvalue weighted by atomic mass is 16.5. The Balaban J connectivity index is 1.58. The van der Waals surface area contributed by atoms with Crippen LogP contribution < -0.4 is 9.47 Å². The molecule has 0 saturated carbocycles. The van der Waals surface area contributed by atoms with E-state index >= 15 is 0 Å². The summed E-state index contributed by atoms with van der Waals surface area (Å²) in [6.45, 7) is 30.8. The fourth-order valence-corrected chi connectivity index (χ4v) is 8.66. The normalized spacial score (nSPS) is 30.4. The van der Waals surface area contributed by atoms with E-state index in [4.69, 9.17) is 9.47 Å². The number of allylic oxidation sites excluding steroid dienone is 4. The summed E-state index contributed by atoms with van der Waals surface area (Å²) in [4.78, 5) is 0. The van der Waals surface area contributed by atoms with Crippen LogP contribution in [0.2, 0.25) is 0 Å². The number of aliphatic hydroxyl groups is 2. The van der Waals surface area contributed by atoms with E-state index < -0.39 is 22.4 Å². The molecule has 4 heteroatoms. The zero-order valence-corrected chi connectivity index (χ0v) is 33.2.